The molecule has 2 N–H and O–H groups in total. The minimum atomic E-state index is -2.20. The Labute approximate surface area is 112 Å². The summed E-state index contributed by atoms with van der Waals surface area (Å²) in [5.41, 5.74) is -1.58. The summed E-state index contributed by atoms with van der Waals surface area (Å²) in [5.74, 6) is -5.43. The zero-order valence-electron chi connectivity index (χ0n) is 10.3. The third kappa shape index (κ3) is 2.30. The van der Waals surface area contributed by atoms with Crippen LogP contribution in [-0.2, 0) is 0 Å². The lowest BCUT2D eigenvalue weighted by atomic mass is 9.79. The van der Waals surface area contributed by atoms with Gasteiger partial charge in [0.25, 0.3) is 0 Å². The van der Waals surface area contributed by atoms with Gasteiger partial charge in [0.1, 0.15) is 0 Å². The molecule has 0 bridgehead atoms. The minimum absolute atomic E-state index is 0.0366. The molecular weight excluding hydrogens is 275 g/mol. The molecule has 2 aromatic carbocycles. The van der Waals surface area contributed by atoms with Crippen LogP contribution < -0.4 is 5.46 Å². The molecule has 0 heterocycles. The van der Waals surface area contributed by atoms with E-state index in [0.717, 1.165) is 18.2 Å². The van der Waals surface area contributed by atoms with E-state index in [9.17, 15) is 17.6 Å². The lowest BCUT2D eigenvalue weighted by molar-refractivity contribution is 0.420. The molecule has 2 aromatic rings. The fourth-order valence-corrected chi connectivity index (χ4v) is 1.83. The van der Waals surface area contributed by atoms with Crippen molar-refractivity contribution in [1.82, 2.24) is 0 Å². The Morgan fingerprint density at radius 3 is 1.80 bits per heavy atom. The Morgan fingerprint density at radius 2 is 1.25 bits per heavy atom. The minimum Gasteiger partial charge on any atom is -0.423 e. The quantitative estimate of drug-likeness (QED) is 0.653. The van der Waals surface area contributed by atoms with Gasteiger partial charge < -0.3 is 10.0 Å². The van der Waals surface area contributed by atoms with Gasteiger partial charge >= 0.3 is 7.12 Å². The Hall–Kier alpha value is -1.86. The van der Waals surface area contributed by atoms with Crippen molar-refractivity contribution in [2.24, 2.45) is 0 Å². The van der Waals surface area contributed by atoms with E-state index in [1.165, 1.54) is 13.0 Å². The maximum absolute atomic E-state index is 13.8. The molecule has 2 nitrogen and oxygen atoms in total. The summed E-state index contributed by atoms with van der Waals surface area (Å²) in [6.45, 7) is 1.34. The Balaban J connectivity index is 2.66. The van der Waals surface area contributed by atoms with E-state index in [-0.39, 0.29) is 5.56 Å². The second-order valence-corrected chi connectivity index (χ2v) is 4.26. The smallest absolute Gasteiger partial charge is 0.423 e. The number of aryl methyl sites for hydroxylation is 1. The highest BCUT2D eigenvalue weighted by Crippen LogP contribution is 2.28. The standard InChI is InChI=1S/C13H9BF4O2/c1-6-2-3-7(11(16)10(6)15)8-4-5-9(14(19)20)13(18)12(8)17/h2-5,19-20H,1H3. The highest BCUT2D eigenvalue weighted by Gasteiger charge is 2.24. The number of halogens is 4. The van der Waals surface area contributed by atoms with Crippen molar-refractivity contribution in [3.8, 4) is 11.1 Å². The summed E-state index contributed by atoms with van der Waals surface area (Å²) >= 11 is 0. The highest BCUT2D eigenvalue weighted by molar-refractivity contribution is 6.58. The van der Waals surface area contributed by atoms with Crippen molar-refractivity contribution >= 4 is 12.6 Å². The molecule has 0 radical (unpaired) electrons. The van der Waals surface area contributed by atoms with Gasteiger partial charge in [-0.2, -0.15) is 0 Å². The molecule has 0 unspecified atom stereocenters. The van der Waals surface area contributed by atoms with Crippen molar-refractivity contribution in [3.05, 3.63) is 53.1 Å². The summed E-state index contributed by atoms with van der Waals surface area (Å²) in [6.07, 6.45) is 0. The van der Waals surface area contributed by atoms with Gasteiger partial charge in [-0.05, 0) is 12.5 Å². The Kier molecular flexibility index (Phi) is 3.83. The Morgan fingerprint density at radius 1 is 0.750 bits per heavy atom. The molecule has 0 aliphatic carbocycles. The summed E-state index contributed by atoms with van der Waals surface area (Å²) < 4.78 is 54.6. The average molecular weight is 284 g/mol. The largest absolute Gasteiger partial charge is 0.491 e. The van der Waals surface area contributed by atoms with Gasteiger partial charge in [-0.25, -0.2) is 17.6 Å². The van der Waals surface area contributed by atoms with Crippen molar-refractivity contribution in [2.75, 3.05) is 0 Å². The monoisotopic (exact) mass is 284 g/mol. The lowest BCUT2D eigenvalue weighted by Crippen LogP contribution is -2.33. The fourth-order valence-electron chi connectivity index (χ4n) is 1.83. The fraction of sp³-hybridized carbons (Fsp3) is 0.0769. The molecular formula is C13H9BF4O2. The molecule has 0 atom stereocenters. The molecule has 0 aromatic heterocycles. The number of rotatable bonds is 2. The van der Waals surface area contributed by atoms with E-state index >= 15 is 0 Å². The zero-order valence-corrected chi connectivity index (χ0v) is 10.3. The third-order valence-corrected chi connectivity index (χ3v) is 2.96. The molecule has 104 valence electrons. The summed E-state index contributed by atoms with van der Waals surface area (Å²) in [5, 5.41) is 17.7. The summed E-state index contributed by atoms with van der Waals surface area (Å²) in [7, 11) is -2.20. The first-order valence-corrected chi connectivity index (χ1v) is 5.63. The summed E-state index contributed by atoms with van der Waals surface area (Å²) in [6, 6.07) is 4.22. The first kappa shape index (κ1) is 14.6. The predicted molar refractivity (Wildman–Crippen MR) is 66.3 cm³/mol. The molecule has 7 heteroatoms. The Bertz CT molecular complexity index is 674. The topological polar surface area (TPSA) is 40.5 Å². The molecule has 2 rings (SSSR count). The highest BCUT2D eigenvalue weighted by atomic mass is 19.2. The maximum atomic E-state index is 13.8. The summed E-state index contributed by atoms with van der Waals surface area (Å²) in [4.78, 5) is 0. The number of hydrogen-bond acceptors (Lipinski definition) is 2. The van der Waals surface area contributed by atoms with Crippen LogP contribution in [0.4, 0.5) is 17.6 Å². The van der Waals surface area contributed by atoms with Crippen molar-refractivity contribution < 1.29 is 27.6 Å². The first-order valence-electron chi connectivity index (χ1n) is 5.63. The van der Waals surface area contributed by atoms with Crippen LogP contribution in [0.3, 0.4) is 0 Å². The van der Waals surface area contributed by atoms with Crippen molar-refractivity contribution in [1.29, 1.82) is 0 Å². The molecule has 0 aliphatic rings. The van der Waals surface area contributed by atoms with Gasteiger partial charge in [0.15, 0.2) is 23.3 Å². The second kappa shape index (κ2) is 5.26. The van der Waals surface area contributed by atoms with E-state index in [1.54, 1.807) is 0 Å². The predicted octanol–water partition coefficient (Wildman–Crippen LogP) is 1.90. The van der Waals surface area contributed by atoms with E-state index in [0.29, 0.717) is 0 Å². The second-order valence-electron chi connectivity index (χ2n) is 4.26. The molecule has 20 heavy (non-hydrogen) atoms. The van der Waals surface area contributed by atoms with E-state index in [2.05, 4.69) is 0 Å². The average Bonchev–Trinajstić information content (AvgIpc) is 2.40. The van der Waals surface area contributed by atoms with Gasteiger partial charge in [-0.15, -0.1) is 0 Å². The van der Waals surface area contributed by atoms with Gasteiger partial charge in [0.2, 0.25) is 0 Å². The van der Waals surface area contributed by atoms with Gasteiger partial charge in [0, 0.05) is 16.6 Å². The van der Waals surface area contributed by atoms with Crippen LogP contribution in [0.1, 0.15) is 5.56 Å². The maximum Gasteiger partial charge on any atom is 0.491 e. The van der Waals surface area contributed by atoms with E-state index in [1.807, 2.05) is 0 Å². The SMILES string of the molecule is Cc1ccc(-c2ccc(B(O)O)c(F)c2F)c(F)c1F. The van der Waals surface area contributed by atoms with Crippen LogP contribution in [0.25, 0.3) is 11.1 Å². The van der Waals surface area contributed by atoms with E-state index < -0.39 is 47.0 Å². The van der Waals surface area contributed by atoms with Crippen LogP contribution in [0, 0.1) is 30.2 Å². The molecule has 0 saturated heterocycles. The first-order chi connectivity index (χ1) is 9.34. The van der Waals surface area contributed by atoms with Gasteiger partial charge in [0.05, 0.1) is 0 Å². The van der Waals surface area contributed by atoms with Crippen molar-refractivity contribution in [3.63, 3.8) is 0 Å². The molecule has 0 aliphatic heterocycles. The van der Waals surface area contributed by atoms with E-state index in [4.69, 9.17) is 10.0 Å². The number of hydrogen-bond donors (Lipinski definition) is 2. The van der Waals surface area contributed by atoms with Crippen molar-refractivity contribution in [2.45, 2.75) is 6.92 Å². The van der Waals surface area contributed by atoms with Crippen LogP contribution in [0.5, 0.6) is 0 Å². The van der Waals surface area contributed by atoms with Crippen LogP contribution >= 0.6 is 0 Å². The molecule has 0 amide bonds. The molecule has 0 saturated carbocycles. The number of benzene rings is 2. The van der Waals surface area contributed by atoms with Gasteiger partial charge in [-0.1, -0.05) is 24.3 Å². The zero-order chi connectivity index (χ0) is 15.0. The third-order valence-electron chi connectivity index (χ3n) is 2.96. The van der Waals surface area contributed by atoms with Crippen LogP contribution in [0.2, 0.25) is 0 Å². The molecule has 0 spiro atoms. The molecule has 0 fully saturated rings. The van der Waals surface area contributed by atoms with Crippen LogP contribution in [-0.4, -0.2) is 17.2 Å². The van der Waals surface area contributed by atoms with Crippen LogP contribution in [0.15, 0.2) is 24.3 Å². The normalized spacial score (nSPS) is 10.8. The van der Waals surface area contributed by atoms with Gasteiger partial charge in [-0.3, -0.25) is 0 Å². The lowest BCUT2D eigenvalue weighted by Gasteiger charge is -2.10.